The Morgan fingerprint density at radius 3 is 1.90 bits per heavy atom. The largest absolute Gasteiger partial charge is 0.332 e. The van der Waals surface area contributed by atoms with Gasteiger partial charge >= 0.3 is 6.03 Å². The SMILES string of the molecule is CCN(C(=O)Nc1ccccc1)C(=S)Nc1ccccc1. The Morgan fingerprint density at radius 2 is 1.43 bits per heavy atom. The summed E-state index contributed by atoms with van der Waals surface area (Å²) in [5.41, 5.74) is 1.59. The number of hydrogen-bond donors (Lipinski definition) is 2. The van der Waals surface area contributed by atoms with Crippen molar-refractivity contribution in [3.8, 4) is 0 Å². The van der Waals surface area contributed by atoms with Crippen LogP contribution in [0.1, 0.15) is 6.92 Å². The zero-order chi connectivity index (χ0) is 15.1. The Kier molecular flexibility index (Phi) is 5.29. The molecule has 108 valence electrons. The normalized spacial score (nSPS) is 9.76. The molecule has 0 atom stereocenters. The first kappa shape index (κ1) is 15.0. The van der Waals surface area contributed by atoms with Gasteiger partial charge in [-0.3, -0.25) is 4.90 Å². The van der Waals surface area contributed by atoms with Gasteiger partial charge in [-0.25, -0.2) is 4.79 Å². The third-order valence-electron chi connectivity index (χ3n) is 2.86. The molecule has 0 radical (unpaired) electrons. The maximum Gasteiger partial charge on any atom is 0.328 e. The quantitative estimate of drug-likeness (QED) is 0.844. The van der Waals surface area contributed by atoms with E-state index < -0.39 is 0 Å². The van der Waals surface area contributed by atoms with E-state index in [-0.39, 0.29) is 6.03 Å². The first-order valence-electron chi connectivity index (χ1n) is 6.70. The number of carbonyl (C=O) groups excluding carboxylic acids is 1. The van der Waals surface area contributed by atoms with Crippen LogP contribution in [0.2, 0.25) is 0 Å². The van der Waals surface area contributed by atoms with Crippen LogP contribution in [-0.2, 0) is 0 Å². The van der Waals surface area contributed by atoms with Gasteiger partial charge < -0.3 is 10.6 Å². The molecule has 0 saturated heterocycles. The van der Waals surface area contributed by atoms with Crippen molar-refractivity contribution in [3.63, 3.8) is 0 Å². The Labute approximate surface area is 129 Å². The number of nitrogens with one attached hydrogen (secondary N) is 2. The van der Waals surface area contributed by atoms with Crippen LogP contribution < -0.4 is 10.6 Å². The molecule has 21 heavy (non-hydrogen) atoms. The second-order valence-electron chi connectivity index (χ2n) is 4.34. The highest BCUT2D eigenvalue weighted by Crippen LogP contribution is 2.10. The van der Waals surface area contributed by atoms with E-state index in [1.165, 1.54) is 4.90 Å². The molecule has 2 rings (SSSR count). The second-order valence-corrected chi connectivity index (χ2v) is 4.72. The number of thiocarbonyl (C=S) groups is 1. The summed E-state index contributed by atoms with van der Waals surface area (Å²) < 4.78 is 0. The van der Waals surface area contributed by atoms with Crippen molar-refractivity contribution in [2.75, 3.05) is 17.2 Å². The van der Waals surface area contributed by atoms with Gasteiger partial charge in [0.15, 0.2) is 5.11 Å². The van der Waals surface area contributed by atoms with Crippen LogP contribution in [0.15, 0.2) is 60.7 Å². The molecule has 0 unspecified atom stereocenters. The summed E-state index contributed by atoms with van der Waals surface area (Å²) in [6.45, 7) is 2.36. The van der Waals surface area contributed by atoms with Gasteiger partial charge in [0, 0.05) is 17.9 Å². The van der Waals surface area contributed by atoms with Gasteiger partial charge in [0.05, 0.1) is 0 Å². The highest BCUT2D eigenvalue weighted by molar-refractivity contribution is 7.80. The Morgan fingerprint density at radius 1 is 0.952 bits per heavy atom. The Hall–Kier alpha value is -2.40. The molecule has 0 saturated carbocycles. The molecule has 0 spiro atoms. The Balaban J connectivity index is 2.01. The number of urea groups is 1. The number of carbonyl (C=O) groups is 1. The number of amides is 2. The number of hydrogen-bond acceptors (Lipinski definition) is 2. The topological polar surface area (TPSA) is 44.4 Å². The molecular formula is C16H17N3OS. The van der Waals surface area contributed by atoms with E-state index in [4.69, 9.17) is 12.2 Å². The van der Waals surface area contributed by atoms with Crippen molar-refractivity contribution in [2.24, 2.45) is 0 Å². The predicted octanol–water partition coefficient (Wildman–Crippen LogP) is 3.94. The van der Waals surface area contributed by atoms with E-state index in [9.17, 15) is 4.79 Å². The lowest BCUT2D eigenvalue weighted by Gasteiger charge is -2.22. The molecule has 0 bridgehead atoms. The molecule has 5 heteroatoms. The summed E-state index contributed by atoms with van der Waals surface area (Å²) in [5, 5.41) is 6.25. The lowest BCUT2D eigenvalue weighted by molar-refractivity contribution is 0.235. The zero-order valence-corrected chi connectivity index (χ0v) is 12.6. The van der Waals surface area contributed by atoms with Crippen LogP contribution in [0.5, 0.6) is 0 Å². The van der Waals surface area contributed by atoms with Crippen LogP contribution in [0.3, 0.4) is 0 Å². The van der Waals surface area contributed by atoms with E-state index in [2.05, 4.69) is 10.6 Å². The van der Waals surface area contributed by atoms with E-state index in [0.29, 0.717) is 11.7 Å². The predicted molar refractivity (Wildman–Crippen MR) is 90.5 cm³/mol. The molecular weight excluding hydrogens is 282 g/mol. The summed E-state index contributed by atoms with van der Waals surface area (Å²) in [7, 11) is 0. The lowest BCUT2D eigenvalue weighted by atomic mass is 10.3. The summed E-state index contributed by atoms with van der Waals surface area (Å²) in [6.07, 6.45) is 0. The fraction of sp³-hybridized carbons (Fsp3) is 0.125. The smallest absolute Gasteiger partial charge is 0.328 e. The average Bonchev–Trinajstić information content (AvgIpc) is 2.50. The van der Waals surface area contributed by atoms with Gasteiger partial charge in [-0.1, -0.05) is 36.4 Å². The standard InChI is InChI=1S/C16H17N3OS/c1-2-19(15(20)17-13-9-5-3-6-10-13)16(21)18-14-11-7-4-8-12-14/h3-12H,2H2,1H3,(H,17,20)(H,18,21). The van der Waals surface area contributed by atoms with E-state index >= 15 is 0 Å². The minimum atomic E-state index is -0.253. The zero-order valence-electron chi connectivity index (χ0n) is 11.7. The molecule has 2 aromatic rings. The van der Waals surface area contributed by atoms with Gasteiger partial charge in [-0.15, -0.1) is 0 Å². The summed E-state index contributed by atoms with van der Waals surface area (Å²) in [6, 6.07) is 18.6. The maximum atomic E-state index is 12.3. The highest BCUT2D eigenvalue weighted by atomic mass is 32.1. The number of benzene rings is 2. The van der Waals surface area contributed by atoms with Gasteiger partial charge in [-0.2, -0.15) is 0 Å². The lowest BCUT2D eigenvalue weighted by Crippen LogP contribution is -2.42. The summed E-state index contributed by atoms with van der Waals surface area (Å²) in [4.78, 5) is 13.7. The third kappa shape index (κ3) is 4.29. The van der Waals surface area contributed by atoms with Crippen molar-refractivity contribution >= 4 is 34.7 Å². The average molecular weight is 299 g/mol. The fourth-order valence-electron chi connectivity index (χ4n) is 1.80. The fourth-order valence-corrected chi connectivity index (χ4v) is 2.13. The van der Waals surface area contributed by atoms with Crippen molar-refractivity contribution < 1.29 is 4.79 Å². The summed E-state index contributed by atoms with van der Waals surface area (Å²) in [5.74, 6) is 0. The van der Waals surface area contributed by atoms with Crippen LogP contribution in [0.25, 0.3) is 0 Å². The molecule has 2 amide bonds. The molecule has 2 N–H and O–H groups in total. The van der Waals surface area contributed by atoms with Gasteiger partial charge in [0.25, 0.3) is 0 Å². The highest BCUT2D eigenvalue weighted by Gasteiger charge is 2.16. The molecule has 0 aromatic heterocycles. The minimum Gasteiger partial charge on any atom is -0.332 e. The number of anilines is 2. The van der Waals surface area contributed by atoms with Crippen molar-refractivity contribution in [1.29, 1.82) is 0 Å². The molecule has 0 aliphatic heterocycles. The van der Waals surface area contributed by atoms with Crippen molar-refractivity contribution in [1.82, 2.24) is 4.90 Å². The number of rotatable bonds is 3. The van der Waals surface area contributed by atoms with Crippen molar-refractivity contribution in [2.45, 2.75) is 6.92 Å². The van der Waals surface area contributed by atoms with Crippen LogP contribution >= 0.6 is 12.2 Å². The van der Waals surface area contributed by atoms with Gasteiger partial charge in [0.2, 0.25) is 0 Å². The van der Waals surface area contributed by atoms with E-state index in [1.807, 2.05) is 67.6 Å². The Bertz CT molecular complexity index is 548. The monoisotopic (exact) mass is 299 g/mol. The van der Waals surface area contributed by atoms with Gasteiger partial charge in [-0.05, 0) is 43.4 Å². The first-order chi connectivity index (χ1) is 10.2. The number of nitrogens with zero attached hydrogens (tertiary/aromatic N) is 1. The summed E-state index contributed by atoms with van der Waals surface area (Å²) >= 11 is 5.30. The van der Waals surface area contributed by atoms with Crippen molar-refractivity contribution in [3.05, 3.63) is 60.7 Å². The minimum absolute atomic E-state index is 0.253. The molecule has 0 fully saturated rings. The van der Waals surface area contributed by atoms with E-state index in [1.54, 1.807) is 0 Å². The third-order valence-corrected chi connectivity index (χ3v) is 3.18. The molecule has 4 nitrogen and oxygen atoms in total. The van der Waals surface area contributed by atoms with Crippen LogP contribution in [-0.4, -0.2) is 22.6 Å². The van der Waals surface area contributed by atoms with Crippen LogP contribution in [0, 0.1) is 0 Å². The second kappa shape index (κ2) is 7.40. The number of para-hydroxylation sites is 2. The van der Waals surface area contributed by atoms with Gasteiger partial charge in [0.1, 0.15) is 0 Å². The van der Waals surface area contributed by atoms with E-state index in [0.717, 1.165) is 11.4 Å². The molecule has 2 aromatic carbocycles. The first-order valence-corrected chi connectivity index (χ1v) is 7.11. The molecule has 0 heterocycles. The molecule has 0 aliphatic rings. The molecule has 0 aliphatic carbocycles. The maximum absolute atomic E-state index is 12.3. The van der Waals surface area contributed by atoms with Crippen LogP contribution in [0.4, 0.5) is 16.2 Å².